The maximum absolute atomic E-state index is 13.3. The molecule has 4 nitrogen and oxygen atoms in total. The van der Waals surface area contributed by atoms with Gasteiger partial charge in [0.2, 0.25) is 0 Å². The molecule has 4 rings (SSSR count). The smallest absolute Gasteiger partial charge is 0.416 e. The molecular weight excluding hydrogens is 538 g/mol. The first-order chi connectivity index (χ1) is 18.0. The van der Waals surface area contributed by atoms with Crippen LogP contribution in [-0.2, 0) is 30.1 Å². The lowest BCUT2D eigenvalue weighted by Gasteiger charge is -2.14. The molecule has 206 valence electrons. The van der Waals surface area contributed by atoms with Gasteiger partial charge in [0.25, 0.3) is 0 Å². The highest BCUT2D eigenvalue weighted by atomic mass is 19.4. The van der Waals surface area contributed by atoms with E-state index in [0.29, 0.717) is 46.6 Å². The highest BCUT2D eigenvalue weighted by Gasteiger charge is 2.37. The zero-order valence-electron chi connectivity index (χ0n) is 20.0. The first kappa shape index (κ1) is 27.9. The largest absolute Gasteiger partial charge is 0.480 e. The van der Waals surface area contributed by atoms with Crippen molar-refractivity contribution in [3.05, 3.63) is 89.1 Å². The van der Waals surface area contributed by atoms with Gasteiger partial charge in [-0.3, -0.25) is 4.79 Å². The van der Waals surface area contributed by atoms with Gasteiger partial charge in [-0.05, 0) is 71.1 Å². The number of hydrogen-bond acceptors (Lipinski definition) is 2. The molecule has 0 radical (unpaired) electrons. The van der Waals surface area contributed by atoms with E-state index in [1.54, 1.807) is 18.2 Å². The molecule has 0 aliphatic rings. The van der Waals surface area contributed by atoms with Crippen LogP contribution in [0.25, 0.3) is 22.0 Å². The third-order valence-corrected chi connectivity index (χ3v) is 5.80. The van der Waals surface area contributed by atoms with Gasteiger partial charge in [-0.2, -0.15) is 35.1 Å². The molecule has 0 aliphatic heterocycles. The average Bonchev–Trinajstić information content (AvgIpc) is 3.13. The summed E-state index contributed by atoms with van der Waals surface area (Å²) in [6, 6.07) is 11.7. The summed E-state index contributed by atoms with van der Waals surface area (Å²) in [4.78, 5) is 11.4. The summed E-state index contributed by atoms with van der Waals surface area (Å²) in [6.07, 6.45) is -12.4. The Kier molecular flexibility index (Phi) is 7.09. The number of hydrogen-bond donors (Lipinski definition) is 1. The van der Waals surface area contributed by atoms with E-state index in [4.69, 9.17) is 0 Å². The molecule has 0 bridgehead atoms. The monoisotopic (exact) mass is 557 g/mol. The standard InChI is InChI=1S/C27H19F8NO3/c1-25(28,29)39-21-5-2-16(3-6-21)17-4-7-23-22(11-17)18(13-36(23)14-24(37)38)8-15-9-19(26(30,31)32)12-20(10-15)27(33,34)35/h2-7,9-13H,8,14H2,1H3,(H,37,38). The summed E-state index contributed by atoms with van der Waals surface area (Å²) in [7, 11) is 0. The van der Waals surface area contributed by atoms with E-state index in [9.17, 15) is 45.0 Å². The van der Waals surface area contributed by atoms with E-state index in [0.717, 1.165) is 0 Å². The quantitative estimate of drug-likeness (QED) is 0.234. The molecule has 0 saturated carbocycles. The maximum Gasteiger partial charge on any atom is 0.416 e. The van der Waals surface area contributed by atoms with Crippen molar-refractivity contribution in [2.24, 2.45) is 0 Å². The van der Waals surface area contributed by atoms with Gasteiger partial charge in [0, 0.05) is 24.0 Å². The highest BCUT2D eigenvalue weighted by molar-refractivity contribution is 5.90. The molecule has 4 aromatic rings. The normalized spacial score (nSPS) is 12.6. The van der Waals surface area contributed by atoms with Gasteiger partial charge in [0.1, 0.15) is 12.3 Å². The molecule has 3 aromatic carbocycles. The Hall–Kier alpha value is -4.09. The van der Waals surface area contributed by atoms with Crippen molar-refractivity contribution in [3.8, 4) is 16.9 Å². The zero-order valence-corrected chi connectivity index (χ0v) is 20.0. The van der Waals surface area contributed by atoms with Crippen molar-refractivity contribution in [2.45, 2.75) is 38.4 Å². The number of fused-ring (bicyclic) bond motifs is 1. The molecule has 0 fully saturated rings. The van der Waals surface area contributed by atoms with Crippen molar-refractivity contribution < 1.29 is 49.8 Å². The van der Waals surface area contributed by atoms with Gasteiger partial charge in [-0.1, -0.05) is 18.2 Å². The van der Waals surface area contributed by atoms with Crippen LogP contribution >= 0.6 is 0 Å². The number of carboxylic acids is 1. The van der Waals surface area contributed by atoms with Crippen molar-refractivity contribution in [2.75, 3.05) is 0 Å². The SMILES string of the molecule is CC(F)(F)Oc1ccc(-c2ccc3c(c2)c(Cc2cc(C(F)(F)F)cc(C(F)(F)F)c2)cn3CC(=O)O)cc1. The third-order valence-electron chi connectivity index (χ3n) is 5.80. The van der Waals surface area contributed by atoms with Crippen LogP contribution in [0.2, 0.25) is 0 Å². The summed E-state index contributed by atoms with van der Waals surface area (Å²) in [5.41, 5.74) is -1.38. The minimum absolute atomic E-state index is 0.0388. The molecule has 39 heavy (non-hydrogen) atoms. The van der Waals surface area contributed by atoms with Gasteiger partial charge in [-0.25, -0.2) is 0 Å². The Morgan fingerprint density at radius 1 is 0.821 bits per heavy atom. The summed E-state index contributed by atoms with van der Waals surface area (Å²) >= 11 is 0. The lowest BCUT2D eigenvalue weighted by Crippen LogP contribution is -2.18. The molecule has 0 saturated heterocycles. The zero-order chi connectivity index (χ0) is 28.8. The number of carbonyl (C=O) groups is 1. The van der Waals surface area contributed by atoms with E-state index >= 15 is 0 Å². The molecule has 12 heteroatoms. The fourth-order valence-electron chi connectivity index (χ4n) is 4.23. The van der Waals surface area contributed by atoms with Crippen LogP contribution in [0.1, 0.15) is 29.2 Å². The van der Waals surface area contributed by atoms with Gasteiger partial charge in [0.15, 0.2) is 0 Å². The Bertz CT molecular complexity index is 1480. The van der Waals surface area contributed by atoms with Gasteiger partial charge < -0.3 is 14.4 Å². The third kappa shape index (κ3) is 6.68. The molecule has 0 spiro atoms. The first-order valence-corrected chi connectivity index (χ1v) is 11.3. The number of carboxylic acid groups (broad SMARTS) is 1. The lowest BCUT2D eigenvalue weighted by atomic mass is 9.97. The van der Waals surface area contributed by atoms with E-state index in [2.05, 4.69) is 4.74 Å². The lowest BCUT2D eigenvalue weighted by molar-refractivity contribution is -0.159. The van der Waals surface area contributed by atoms with Crippen LogP contribution in [0.15, 0.2) is 66.9 Å². The highest BCUT2D eigenvalue weighted by Crippen LogP contribution is 2.38. The van der Waals surface area contributed by atoms with Gasteiger partial charge in [0.05, 0.1) is 11.1 Å². The number of nitrogens with zero attached hydrogens (tertiary/aromatic N) is 1. The van der Waals surface area contributed by atoms with Crippen molar-refractivity contribution in [1.29, 1.82) is 0 Å². The Labute approximate surface area is 216 Å². The summed E-state index contributed by atoms with van der Waals surface area (Å²) in [5.74, 6) is -1.30. The van der Waals surface area contributed by atoms with Crippen LogP contribution in [-0.4, -0.2) is 21.8 Å². The Morgan fingerprint density at radius 3 is 1.90 bits per heavy atom. The average molecular weight is 557 g/mol. The molecule has 0 aliphatic carbocycles. The summed E-state index contributed by atoms with van der Waals surface area (Å²) in [5, 5.41) is 9.68. The molecular formula is C27H19F8NO3. The number of ether oxygens (including phenoxy) is 1. The first-order valence-electron chi connectivity index (χ1n) is 11.3. The predicted molar refractivity (Wildman–Crippen MR) is 126 cm³/mol. The topological polar surface area (TPSA) is 51.5 Å². The number of rotatable bonds is 7. The Morgan fingerprint density at radius 2 is 1.38 bits per heavy atom. The second-order valence-corrected chi connectivity index (χ2v) is 8.93. The minimum atomic E-state index is -5.02. The van der Waals surface area contributed by atoms with Crippen molar-refractivity contribution in [1.82, 2.24) is 4.57 Å². The number of aliphatic carboxylic acids is 1. The van der Waals surface area contributed by atoms with Crippen molar-refractivity contribution >= 4 is 16.9 Å². The number of halogens is 8. The molecule has 0 unspecified atom stereocenters. The minimum Gasteiger partial charge on any atom is -0.480 e. The second kappa shape index (κ2) is 9.90. The van der Waals surface area contributed by atoms with Crippen LogP contribution in [0.5, 0.6) is 5.75 Å². The number of aromatic nitrogens is 1. The van der Waals surface area contributed by atoms with Crippen LogP contribution < -0.4 is 4.74 Å². The van der Waals surface area contributed by atoms with Crippen LogP contribution in [0.4, 0.5) is 35.1 Å². The molecule has 0 atom stereocenters. The Balaban J connectivity index is 1.79. The fourth-order valence-corrected chi connectivity index (χ4v) is 4.23. The van der Waals surface area contributed by atoms with Gasteiger partial charge in [-0.15, -0.1) is 0 Å². The van der Waals surface area contributed by atoms with Crippen LogP contribution in [0.3, 0.4) is 0 Å². The van der Waals surface area contributed by atoms with E-state index < -0.39 is 42.1 Å². The summed E-state index contributed by atoms with van der Waals surface area (Å²) < 4.78 is 112. The second-order valence-electron chi connectivity index (χ2n) is 8.93. The fraction of sp³-hybridized carbons (Fsp3) is 0.222. The maximum atomic E-state index is 13.3. The van der Waals surface area contributed by atoms with Gasteiger partial charge >= 0.3 is 24.4 Å². The molecule has 1 N–H and O–H groups in total. The van der Waals surface area contributed by atoms with E-state index in [1.807, 2.05) is 0 Å². The van der Waals surface area contributed by atoms with Crippen LogP contribution in [0, 0.1) is 0 Å². The predicted octanol–water partition coefficient (Wildman–Crippen LogP) is 8.01. The summed E-state index contributed by atoms with van der Waals surface area (Å²) in [6.45, 7) is 0.0870. The molecule has 1 heterocycles. The molecule has 1 aromatic heterocycles. The van der Waals surface area contributed by atoms with E-state index in [1.165, 1.54) is 35.0 Å². The number of benzene rings is 3. The van der Waals surface area contributed by atoms with E-state index in [-0.39, 0.29) is 23.8 Å². The van der Waals surface area contributed by atoms with Crippen molar-refractivity contribution in [3.63, 3.8) is 0 Å². The number of alkyl halides is 8. The molecule has 0 amide bonds.